The van der Waals surface area contributed by atoms with E-state index in [4.69, 9.17) is 10.5 Å². The highest BCUT2D eigenvalue weighted by atomic mass is 16.5. The first kappa shape index (κ1) is 14.0. The SMILES string of the molecule is CC(C)COc1ccc(C(N)CC(C)C)cc1. The van der Waals surface area contributed by atoms with Crippen molar-refractivity contribution in [3.05, 3.63) is 29.8 Å². The van der Waals surface area contributed by atoms with Crippen molar-refractivity contribution < 1.29 is 4.74 Å². The zero-order valence-electron chi connectivity index (χ0n) is 11.4. The van der Waals surface area contributed by atoms with E-state index in [1.54, 1.807) is 0 Å². The van der Waals surface area contributed by atoms with Crippen molar-refractivity contribution in [3.63, 3.8) is 0 Å². The first-order valence-corrected chi connectivity index (χ1v) is 6.47. The summed E-state index contributed by atoms with van der Waals surface area (Å²) in [4.78, 5) is 0. The molecule has 0 fully saturated rings. The van der Waals surface area contributed by atoms with Gasteiger partial charge in [-0.05, 0) is 36.0 Å². The third-order valence-electron chi connectivity index (χ3n) is 2.62. The molecule has 2 N–H and O–H groups in total. The van der Waals surface area contributed by atoms with Gasteiger partial charge < -0.3 is 10.5 Å². The summed E-state index contributed by atoms with van der Waals surface area (Å²) in [5, 5.41) is 0. The van der Waals surface area contributed by atoms with Crippen LogP contribution in [-0.4, -0.2) is 6.61 Å². The largest absolute Gasteiger partial charge is 0.493 e. The van der Waals surface area contributed by atoms with Crippen LogP contribution in [0.25, 0.3) is 0 Å². The van der Waals surface area contributed by atoms with Crippen LogP contribution in [0, 0.1) is 11.8 Å². The molecule has 1 aromatic rings. The molecule has 0 amide bonds. The summed E-state index contributed by atoms with van der Waals surface area (Å²) in [6.07, 6.45) is 1.02. The standard InChI is InChI=1S/C15H25NO/c1-11(2)9-15(16)13-5-7-14(8-6-13)17-10-12(3)4/h5-8,11-12,15H,9-10,16H2,1-4H3. The van der Waals surface area contributed by atoms with Crippen LogP contribution in [0.1, 0.15) is 45.7 Å². The monoisotopic (exact) mass is 235 g/mol. The van der Waals surface area contributed by atoms with Crippen LogP contribution >= 0.6 is 0 Å². The Labute approximate surface area is 105 Å². The van der Waals surface area contributed by atoms with Gasteiger partial charge in [0.2, 0.25) is 0 Å². The van der Waals surface area contributed by atoms with Gasteiger partial charge in [-0.2, -0.15) is 0 Å². The van der Waals surface area contributed by atoms with Gasteiger partial charge in [0.1, 0.15) is 5.75 Å². The van der Waals surface area contributed by atoms with Crippen molar-refractivity contribution in [1.82, 2.24) is 0 Å². The van der Waals surface area contributed by atoms with Crippen molar-refractivity contribution in [3.8, 4) is 5.75 Å². The highest BCUT2D eigenvalue weighted by Gasteiger charge is 2.08. The normalized spacial score (nSPS) is 13.1. The molecule has 0 bridgehead atoms. The lowest BCUT2D eigenvalue weighted by Crippen LogP contribution is -2.12. The Morgan fingerprint density at radius 2 is 1.59 bits per heavy atom. The number of hydrogen-bond donors (Lipinski definition) is 1. The van der Waals surface area contributed by atoms with Gasteiger partial charge in [0.05, 0.1) is 6.61 Å². The Morgan fingerprint density at radius 1 is 1.00 bits per heavy atom. The Hall–Kier alpha value is -1.02. The van der Waals surface area contributed by atoms with E-state index in [2.05, 4.69) is 39.8 Å². The van der Waals surface area contributed by atoms with E-state index in [9.17, 15) is 0 Å². The second-order valence-corrected chi connectivity index (χ2v) is 5.51. The fraction of sp³-hybridized carbons (Fsp3) is 0.600. The number of ether oxygens (including phenoxy) is 1. The van der Waals surface area contributed by atoms with E-state index in [1.807, 2.05) is 12.1 Å². The third kappa shape index (κ3) is 5.22. The zero-order chi connectivity index (χ0) is 12.8. The van der Waals surface area contributed by atoms with Crippen molar-refractivity contribution in [2.75, 3.05) is 6.61 Å². The minimum Gasteiger partial charge on any atom is -0.493 e. The smallest absolute Gasteiger partial charge is 0.119 e. The molecule has 0 saturated heterocycles. The molecule has 0 aromatic heterocycles. The first-order chi connectivity index (χ1) is 7.99. The molecular weight excluding hydrogens is 210 g/mol. The Bertz CT molecular complexity index is 316. The van der Waals surface area contributed by atoms with Gasteiger partial charge in [-0.25, -0.2) is 0 Å². The van der Waals surface area contributed by atoms with Crippen LogP contribution in [0.3, 0.4) is 0 Å². The zero-order valence-corrected chi connectivity index (χ0v) is 11.4. The van der Waals surface area contributed by atoms with Crippen molar-refractivity contribution in [2.45, 2.75) is 40.2 Å². The molecule has 0 radical (unpaired) electrons. The molecular formula is C15H25NO. The van der Waals surface area contributed by atoms with Gasteiger partial charge in [-0.1, -0.05) is 39.8 Å². The molecule has 0 aliphatic carbocycles. The number of benzene rings is 1. The Balaban J connectivity index is 2.55. The van der Waals surface area contributed by atoms with Gasteiger partial charge >= 0.3 is 0 Å². The fourth-order valence-corrected chi connectivity index (χ4v) is 1.72. The molecule has 1 rings (SSSR count). The fourth-order valence-electron chi connectivity index (χ4n) is 1.72. The van der Waals surface area contributed by atoms with Gasteiger partial charge in [-0.3, -0.25) is 0 Å². The molecule has 0 saturated carbocycles. The molecule has 1 atom stereocenters. The summed E-state index contributed by atoms with van der Waals surface area (Å²) in [6, 6.07) is 8.30. The average Bonchev–Trinajstić information content (AvgIpc) is 2.26. The molecule has 0 aliphatic rings. The lowest BCUT2D eigenvalue weighted by Gasteiger charge is -2.15. The molecule has 0 spiro atoms. The Kier molecular flexibility index (Phi) is 5.49. The van der Waals surface area contributed by atoms with E-state index in [0.717, 1.165) is 18.8 Å². The van der Waals surface area contributed by atoms with E-state index in [-0.39, 0.29) is 6.04 Å². The van der Waals surface area contributed by atoms with Crippen molar-refractivity contribution in [2.24, 2.45) is 17.6 Å². The maximum atomic E-state index is 6.13. The predicted octanol–water partition coefficient (Wildman–Crippen LogP) is 3.77. The summed E-state index contributed by atoms with van der Waals surface area (Å²) < 4.78 is 5.64. The van der Waals surface area contributed by atoms with Gasteiger partial charge in [0.25, 0.3) is 0 Å². The van der Waals surface area contributed by atoms with Crippen LogP contribution in [0.4, 0.5) is 0 Å². The summed E-state index contributed by atoms with van der Waals surface area (Å²) in [5.74, 6) is 2.11. The highest BCUT2D eigenvalue weighted by Crippen LogP contribution is 2.21. The van der Waals surface area contributed by atoms with E-state index >= 15 is 0 Å². The summed E-state index contributed by atoms with van der Waals surface area (Å²) in [7, 11) is 0. The predicted molar refractivity (Wildman–Crippen MR) is 73.2 cm³/mol. The summed E-state index contributed by atoms with van der Waals surface area (Å²) in [5.41, 5.74) is 7.32. The molecule has 96 valence electrons. The van der Waals surface area contributed by atoms with Crippen LogP contribution in [0.15, 0.2) is 24.3 Å². The van der Waals surface area contributed by atoms with Crippen molar-refractivity contribution >= 4 is 0 Å². The topological polar surface area (TPSA) is 35.2 Å². The van der Waals surface area contributed by atoms with Gasteiger partial charge in [-0.15, -0.1) is 0 Å². The molecule has 1 aromatic carbocycles. The quantitative estimate of drug-likeness (QED) is 0.814. The Morgan fingerprint density at radius 3 is 2.06 bits per heavy atom. The molecule has 0 heterocycles. The number of nitrogens with two attached hydrogens (primary N) is 1. The van der Waals surface area contributed by atoms with Crippen LogP contribution in [-0.2, 0) is 0 Å². The second kappa shape index (κ2) is 6.65. The molecule has 2 nitrogen and oxygen atoms in total. The van der Waals surface area contributed by atoms with Crippen LogP contribution in [0.5, 0.6) is 5.75 Å². The minimum atomic E-state index is 0.133. The van der Waals surface area contributed by atoms with E-state index in [0.29, 0.717) is 11.8 Å². The summed E-state index contributed by atoms with van der Waals surface area (Å²) in [6.45, 7) is 9.44. The van der Waals surface area contributed by atoms with E-state index in [1.165, 1.54) is 5.56 Å². The lowest BCUT2D eigenvalue weighted by molar-refractivity contribution is 0.271. The second-order valence-electron chi connectivity index (χ2n) is 5.51. The highest BCUT2D eigenvalue weighted by molar-refractivity contribution is 5.29. The van der Waals surface area contributed by atoms with Crippen molar-refractivity contribution in [1.29, 1.82) is 0 Å². The number of hydrogen-bond acceptors (Lipinski definition) is 2. The summed E-state index contributed by atoms with van der Waals surface area (Å²) >= 11 is 0. The molecule has 2 heteroatoms. The first-order valence-electron chi connectivity index (χ1n) is 6.47. The maximum absolute atomic E-state index is 6.13. The van der Waals surface area contributed by atoms with Gasteiger partial charge in [0.15, 0.2) is 0 Å². The molecule has 0 aliphatic heterocycles. The van der Waals surface area contributed by atoms with Crippen LogP contribution in [0.2, 0.25) is 0 Å². The lowest BCUT2D eigenvalue weighted by atomic mass is 9.98. The van der Waals surface area contributed by atoms with Crippen LogP contribution < -0.4 is 10.5 Å². The van der Waals surface area contributed by atoms with E-state index < -0.39 is 0 Å². The number of rotatable bonds is 6. The van der Waals surface area contributed by atoms with Gasteiger partial charge in [0, 0.05) is 6.04 Å². The molecule has 17 heavy (non-hydrogen) atoms. The molecule has 1 unspecified atom stereocenters. The third-order valence-corrected chi connectivity index (χ3v) is 2.62. The minimum absolute atomic E-state index is 0.133. The average molecular weight is 235 g/mol. The maximum Gasteiger partial charge on any atom is 0.119 e.